The molecule has 0 saturated heterocycles. The molecule has 2 aromatic carbocycles. The summed E-state index contributed by atoms with van der Waals surface area (Å²) >= 11 is 6.05. The fourth-order valence-electron chi connectivity index (χ4n) is 2.03. The molecule has 2 rings (SSSR count). The van der Waals surface area contributed by atoms with Crippen LogP contribution in [-0.4, -0.2) is 47.0 Å². The second-order valence-electron chi connectivity index (χ2n) is 5.37. The third kappa shape index (κ3) is 4.27. The van der Waals surface area contributed by atoms with Crippen molar-refractivity contribution in [1.82, 2.24) is 4.31 Å². The number of sulfonamides is 1. The van der Waals surface area contributed by atoms with Gasteiger partial charge in [-0.3, -0.25) is 0 Å². The molecule has 0 heterocycles. The van der Waals surface area contributed by atoms with Gasteiger partial charge in [0.25, 0.3) is 0 Å². The Morgan fingerprint density at radius 3 is 2.00 bits per heavy atom. The molecule has 0 spiro atoms. The SMILES string of the molecule is COc1cc(OC)cc(OC(=O)c2cc(S(=O)(=O)N(C)C)ccc2Cl)c1. The van der Waals surface area contributed by atoms with Crippen LogP contribution >= 0.6 is 11.6 Å². The summed E-state index contributed by atoms with van der Waals surface area (Å²) in [5, 5.41) is 0.0718. The predicted octanol–water partition coefficient (Wildman–Crippen LogP) is 2.83. The molecular weight excluding hydrogens is 382 g/mol. The van der Waals surface area contributed by atoms with E-state index in [1.54, 1.807) is 6.07 Å². The number of carbonyl (C=O) groups excluding carboxylic acids is 1. The molecule has 26 heavy (non-hydrogen) atoms. The highest BCUT2D eigenvalue weighted by Gasteiger charge is 2.22. The Bertz CT molecular complexity index is 905. The van der Waals surface area contributed by atoms with Gasteiger partial charge < -0.3 is 14.2 Å². The minimum atomic E-state index is -3.72. The quantitative estimate of drug-likeness (QED) is 0.548. The van der Waals surface area contributed by atoms with Crippen LogP contribution in [0.4, 0.5) is 0 Å². The van der Waals surface area contributed by atoms with E-state index in [0.29, 0.717) is 11.5 Å². The highest BCUT2D eigenvalue weighted by molar-refractivity contribution is 7.89. The van der Waals surface area contributed by atoms with Crippen molar-refractivity contribution < 1.29 is 27.4 Å². The first-order valence-corrected chi connectivity index (χ1v) is 9.18. The first-order valence-electron chi connectivity index (χ1n) is 7.36. The Morgan fingerprint density at radius 2 is 1.50 bits per heavy atom. The maximum atomic E-state index is 12.5. The molecule has 9 heteroatoms. The molecule has 0 radical (unpaired) electrons. The molecule has 0 aliphatic rings. The first-order chi connectivity index (χ1) is 12.2. The minimum absolute atomic E-state index is 0.0675. The highest BCUT2D eigenvalue weighted by Crippen LogP contribution is 2.29. The van der Waals surface area contributed by atoms with Gasteiger partial charge in [-0.15, -0.1) is 0 Å². The number of benzene rings is 2. The largest absolute Gasteiger partial charge is 0.496 e. The van der Waals surface area contributed by atoms with Gasteiger partial charge in [0.15, 0.2) is 0 Å². The number of esters is 1. The smallest absolute Gasteiger partial charge is 0.345 e. The van der Waals surface area contributed by atoms with Crippen LogP contribution in [0.1, 0.15) is 10.4 Å². The van der Waals surface area contributed by atoms with Crippen LogP contribution in [0.3, 0.4) is 0 Å². The first kappa shape index (κ1) is 20.0. The van der Waals surface area contributed by atoms with Crippen LogP contribution in [0.5, 0.6) is 17.2 Å². The van der Waals surface area contributed by atoms with E-state index >= 15 is 0 Å². The average molecular weight is 400 g/mol. The number of halogens is 1. The van der Waals surface area contributed by atoms with Gasteiger partial charge in [-0.05, 0) is 18.2 Å². The van der Waals surface area contributed by atoms with Gasteiger partial charge >= 0.3 is 5.97 Å². The molecule has 0 N–H and O–H groups in total. The minimum Gasteiger partial charge on any atom is -0.496 e. The van der Waals surface area contributed by atoms with E-state index in [2.05, 4.69) is 0 Å². The predicted molar refractivity (Wildman–Crippen MR) is 96.8 cm³/mol. The lowest BCUT2D eigenvalue weighted by Crippen LogP contribution is -2.22. The molecule has 140 valence electrons. The normalized spacial score (nSPS) is 11.3. The Morgan fingerprint density at radius 1 is 0.962 bits per heavy atom. The number of carbonyl (C=O) groups is 1. The number of ether oxygens (including phenoxy) is 3. The third-order valence-corrected chi connectivity index (χ3v) is 5.61. The van der Waals surface area contributed by atoms with E-state index in [1.165, 1.54) is 58.6 Å². The van der Waals surface area contributed by atoms with Gasteiger partial charge in [0.1, 0.15) is 17.2 Å². The fourth-order valence-corrected chi connectivity index (χ4v) is 3.16. The Kier molecular flexibility index (Phi) is 6.12. The molecule has 0 atom stereocenters. The summed E-state index contributed by atoms with van der Waals surface area (Å²) in [4.78, 5) is 12.4. The third-order valence-electron chi connectivity index (χ3n) is 3.47. The van der Waals surface area contributed by atoms with E-state index in [4.69, 9.17) is 25.8 Å². The molecule has 0 unspecified atom stereocenters. The van der Waals surface area contributed by atoms with Crippen molar-refractivity contribution in [3.05, 3.63) is 47.0 Å². The van der Waals surface area contributed by atoms with Crippen molar-refractivity contribution in [2.24, 2.45) is 0 Å². The Labute approximate surface area is 157 Å². The van der Waals surface area contributed by atoms with Crippen LogP contribution in [-0.2, 0) is 10.0 Å². The fraction of sp³-hybridized carbons (Fsp3) is 0.235. The van der Waals surface area contributed by atoms with E-state index in [-0.39, 0.29) is 21.2 Å². The van der Waals surface area contributed by atoms with E-state index < -0.39 is 16.0 Å². The number of hydrogen-bond donors (Lipinski definition) is 0. The van der Waals surface area contributed by atoms with Gasteiger partial charge in [0, 0.05) is 32.3 Å². The molecular formula is C17H18ClNO6S. The molecule has 0 bridgehead atoms. The van der Waals surface area contributed by atoms with Crippen molar-refractivity contribution in [2.45, 2.75) is 4.90 Å². The summed E-state index contributed by atoms with van der Waals surface area (Å²) in [6, 6.07) is 8.44. The zero-order chi connectivity index (χ0) is 19.5. The van der Waals surface area contributed by atoms with Crippen LogP contribution in [0.25, 0.3) is 0 Å². The molecule has 7 nitrogen and oxygen atoms in total. The standard InChI is InChI=1S/C17H18ClNO6S/c1-19(2)26(21,22)14-5-6-16(18)15(10-14)17(20)25-13-8-11(23-3)7-12(9-13)24-4/h5-10H,1-4H3. The molecule has 0 fully saturated rings. The molecule has 0 saturated carbocycles. The average Bonchev–Trinajstić information content (AvgIpc) is 2.61. The van der Waals surface area contributed by atoms with E-state index in [1.807, 2.05) is 0 Å². The molecule has 0 aliphatic carbocycles. The van der Waals surface area contributed by atoms with Crippen molar-refractivity contribution in [3.8, 4) is 17.2 Å². The molecule has 0 aromatic heterocycles. The zero-order valence-electron chi connectivity index (χ0n) is 14.6. The molecule has 0 amide bonds. The second kappa shape index (κ2) is 7.94. The van der Waals surface area contributed by atoms with Crippen LogP contribution in [0.15, 0.2) is 41.3 Å². The summed E-state index contributed by atoms with van der Waals surface area (Å²) in [6.45, 7) is 0. The lowest BCUT2D eigenvalue weighted by atomic mass is 10.2. The van der Waals surface area contributed by atoms with Gasteiger partial charge in [-0.25, -0.2) is 17.5 Å². The summed E-state index contributed by atoms with van der Waals surface area (Å²) in [5.41, 5.74) is -0.0728. The van der Waals surface area contributed by atoms with Gasteiger partial charge in [0.2, 0.25) is 10.0 Å². The second-order valence-corrected chi connectivity index (χ2v) is 7.93. The van der Waals surface area contributed by atoms with Crippen molar-refractivity contribution >= 4 is 27.6 Å². The Hall–Kier alpha value is -2.29. The summed E-state index contributed by atoms with van der Waals surface area (Å²) < 4.78 is 41.1. The summed E-state index contributed by atoms with van der Waals surface area (Å²) in [6.07, 6.45) is 0. The van der Waals surface area contributed by atoms with Crippen molar-refractivity contribution in [3.63, 3.8) is 0 Å². The van der Waals surface area contributed by atoms with Crippen LogP contribution in [0, 0.1) is 0 Å². The topological polar surface area (TPSA) is 82.1 Å². The highest BCUT2D eigenvalue weighted by atomic mass is 35.5. The summed E-state index contributed by atoms with van der Waals surface area (Å²) in [5.74, 6) is 0.230. The number of nitrogens with zero attached hydrogens (tertiary/aromatic N) is 1. The van der Waals surface area contributed by atoms with Crippen molar-refractivity contribution in [2.75, 3.05) is 28.3 Å². The monoisotopic (exact) mass is 399 g/mol. The van der Waals surface area contributed by atoms with Crippen LogP contribution in [0.2, 0.25) is 5.02 Å². The van der Waals surface area contributed by atoms with Crippen molar-refractivity contribution in [1.29, 1.82) is 0 Å². The molecule has 0 aliphatic heterocycles. The lowest BCUT2D eigenvalue weighted by Gasteiger charge is -2.13. The van der Waals surface area contributed by atoms with Gasteiger partial charge in [0.05, 0.1) is 29.7 Å². The number of methoxy groups -OCH3 is 2. The van der Waals surface area contributed by atoms with E-state index in [0.717, 1.165) is 4.31 Å². The number of rotatable bonds is 6. The Balaban J connectivity index is 2.39. The maximum Gasteiger partial charge on any atom is 0.345 e. The van der Waals surface area contributed by atoms with E-state index in [9.17, 15) is 13.2 Å². The number of hydrogen-bond acceptors (Lipinski definition) is 6. The summed E-state index contributed by atoms with van der Waals surface area (Å²) in [7, 11) is 2.00. The molecule has 2 aromatic rings. The van der Waals surface area contributed by atoms with Gasteiger partial charge in [-0.1, -0.05) is 11.6 Å². The zero-order valence-corrected chi connectivity index (χ0v) is 16.2. The lowest BCUT2D eigenvalue weighted by molar-refractivity contribution is 0.0734. The maximum absolute atomic E-state index is 12.5. The van der Waals surface area contributed by atoms with Gasteiger partial charge in [-0.2, -0.15) is 0 Å². The van der Waals surface area contributed by atoms with Crippen LogP contribution < -0.4 is 14.2 Å².